The minimum Gasteiger partial charge on any atom is -0.491 e. The molecule has 2 N–H and O–H groups in total. The number of hydrogen-bond acceptors (Lipinski definition) is 2. The lowest BCUT2D eigenvalue weighted by Crippen LogP contribution is -2.11. The maximum absolute atomic E-state index is 13.1. The highest BCUT2D eigenvalue weighted by Gasteiger charge is 2.11. The molecule has 0 aliphatic heterocycles. The zero-order valence-electron chi connectivity index (χ0n) is 9.81. The molecule has 0 aliphatic rings. The molecule has 0 aromatic heterocycles. The van der Waals surface area contributed by atoms with E-state index in [2.05, 4.69) is 36.7 Å². The summed E-state index contributed by atoms with van der Waals surface area (Å²) in [6.07, 6.45) is 0.918. The van der Waals surface area contributed by atoms with Crippen molar-refractivity contribution in [3.63, 3.8) is 0 Å². The van der Waals surface area contributed by atoms with Crippen LogP contribution < -0.4 is 10.5 Å². The summed E-state index contributed by atoms with van der Waals surface area (Å²) in [4.78, 5) is 0. The van der Waals surface area contributed by atoms with Gasteiger partial charge >= 0.3 is 0 Å². The minimum absolute atomic E-state index is 0.214. The van der Waals surface area contributed by atoms with E-state index in [9.17, 15) is 4.39 Å². The first kappa shape index (κ1) is 13.3. The maximum atomic E-state index is 13.1. The molecule has 0 aliphatic carbocycles. The molecule has 1 aromatic rings. The van der Waals surface area contributed by atoms with Crippen molar-refractivity contribution in [3.05, 3.63) is 22.4 Å². The standard InChI is InChI=1S/C12H17BrFNO/c1-12(2,3)4-5-16-11-6-8(13)9(14)7-10(11)15/h6-7H,4-5,15H2,1-3H3. The number of nitrogens with two attached hydrogens (primary N) is 1. The van der Waals surface area contributed by atoms with E-state index in [4.69, 9.17) is 10.5 Å². The monoisotopic (exact) mass is 289 g/mol. The van der Waals surface area contributed by atoms with Gasteiger partial charge in [-0.3, -0.25) is 0 Å². The van der Waals surface area contributed by atoms with Crippen LogP contribution in [0, 0.1) is 11.2 Å². The van der Waals surface area contributed by atoms with Gasteiger partial charge in [-0.05, 0) is 33.8 Å². The van der Waals surface area contributed by atoms with Gasteiger partial charge in [0.15, 0.2) is 0 Å². The molecular formula is C12H17BrFNO. The molecule has 16 heavy (non-hydrogen) atoms. The number of nitrogen functional groups attached to an aromatic ring is 1. The van der Waals surface area contributed by atoms with Crippen LogP contribution in [0.25, 0.3) is 0 Å². The Morgan fingerprint density at radius 1 is 1.38 bits per heavy atom. The molecule has 4 heteroatoms. The summed E-state index contributed by atoms with van der Waals surface area (Å²) in [5.41, 5.74) is 6.20. The predicted octanol–water partition coefficient (Wildman–Crippen LogP) is 3.99. The van der Waals surface area contributed by atoms with E-state index in [1.165, 1.54) is 6.07 Å². The zero-order chi connectivity index (χ0) is 12.3. The van der Waals surface area contributed by atoms with Gasteiger partial charge in [0.05, 0.1) is 16.8 Å². The Morgan fingerprint density at radius 3 is 2.56 bits per heavy atom. The molecule has 0 saturated heterocycles. The maximum Gasteiger partial charge on any atom is 0.143 e. The van der Waals surface area contributed by atoms with Crippen molar-refractivity contribution in [2.45, 2.75) is 27.2 Å². The number of halogens is 2. The molecule has 90 valence electrons. The summed E-state index contributed by atoms with van der Waals surface area (Å²) in [5.74, 6) is 0.151. The second kappa shape index (κ2) is 5.04. The van der Waals surface area contributed by atoms with Crippen molar-refractivity contribution in [3.8, 4) is 5.75 Å². The van der Waals surface area contributed by atoms with Crippen molar-refractivity contribution < 1.29 is 9.13 Å². The summed E-state index contributed by atoms with van der Waals surface area (Å²) in [5, 5.41) is 0. The molecule has 2 nitrogen and oxygen atoms in total. The number of hydrogen-bond donors (Lipinski definition) is 1. The molecule has 0 heterocycles. The molecule has 0 fully saturated rings. The largest absolute Gasteiger partial charge is 0.491 e. The third kappa shape index (κ3) is 4.00. The molecule has 0 spiro atoms. The average molecular weight is 290 g/mol. The summed E-state index contributed by atoms with van der Waals surface area (Å²) < 4.78 is 19.0. The summed E-state index contributed by atoms with van der Waals surface area (Å²) in [6, 6.07) is 2.82. The Balaban J connectivity index is 2.64. The van der Waals surface area contributed by atoms with E-state index >= 15 is 0 Å². The fourth-order valence-corrected chi connectivity index (χ4v) is 1.46. The van der Waals surface area contributed by atoms with Crippen LogP contribution in [0.4, 0.5) is 10.1 Å². The molecule has 0 radical (unpaired) electrons. The SMILES string of the molecule is CC(C)(C)CCOc1cc(Br)c(F)cc1N. The van der Waals surface area contributed by atoms with Crippen LogP contribution in [0.5, 0.6) is 5.75 Å². The molecule has 0 unspecified atom stereocenters. The van der Waals surface area contributed by atoms with Crippen molar-refractivity contribution in [2.24, 2.45) is 5.41 Å². The Hall–Kier alpha value is -0.770. The average Bonchev–Trinajstić information content (AvgIpc) is 2.11. The predicted molar refractivity (Wildman–Crippen MR) is 68.1 cm³/mol. The molecule has 1 aromatic carbocycles. The zero-order valence-corrected chi connectivity index (χ0v) is 11.4. The van der Waals surface area contributed by atoms with Crippen molar-refractivity contribution >= 4 is 21.6 Å². The number of benzene rings is 1. The lowest BCUT2D eigenvalue weighted by atomic mass is 9.93. The van der Waals surface area contributed by atoms with Crippen LogP contribution in [0.15, 0.2) is 16.6 Å². The van der Waals surface area contributed by atoms with Gasteiger partial charge in [0.1, 0.15) is 11.6 Å². The second-order valence-corrected chi connectivity index (χ2v) is 5.82. The van der Waals surface area contributed by atoms with Gasteiger partial charge in [0, 0.05) is 6.07 Å². The van der Waals surface area contributed by atoms with Gasteiger partial charge in [-0.1, -0.05) is 20.8 Å². The van der Waals surface area contributed by atoms with E-state index in [0.29, 0.717) is 22.5 Å². The number of anilines is 1. The fourth-order valence-electron chi connectivity index (χ4n) is 1.14. The summed E-state index contributed by atoms with van der Waals surface area (Å²) >= 11 is 3.10. The second-order valence-electron chi connectivity index (χ2n) is 4.96. The molecule has 0 atom stereocenters. The van der Waals surface area contributed by atoms with Crippen LogP contribution in [-0.4, -0.2) is 6.61 Å². The number of rotatable bonds is 3. The highest BCUT2D eigenvalue weighted by molar-refractivity contribution is 9.10. The van der Waals surface area contributed by atoms with Crippen LogP contribution in [0.3, 0.4) is 0 Å². The molecular weight excluding hydrogens is 273 g/mol. The van der Waals surface area contributed by atoms with E-state index < -0.39 is 0 Å². The Labute approximate surface area is 104 Å². The summed E-state index contributed by atoms with van der Waals surface area (Å²) in [7, 11) is 0. The number of ether oxygens (including phenoxy) is 1. The van der Waals surface area contributed by atoms with Crippen LogP contribution >= 0.6 is 15.9 Å². The third-order valence-electron chi connectivity index (χ3n) is 2.16. The van der Waals surface area contributed by atoms with Gasteiger partial charge in [0.2, 0.25) is 0 Å². The van der Waals surface area contributed by atoms with Gasteiger partial charge in [-0.15, -0.1) is 0 Å². The van der Waals surface area contributed by atoms with Crippen molar-refractivity contribution in [1.82, 2.24) is 0 Å². The highest BCUT2D eigenvalue weighted by Crippen LogP contribution is 2.29. The Morgan fingerprint density at radius 2 is 2.00 bits per heavy atom. The van der Waals surface area contributed by atoms with E-state index in [-0.39, 0.29) is 11.2 Å². The van der Waals surface area contributed by atoms with E-state index in [1.807, 2.05) is 0 Å². The van der Waals surface area contributed by atoms with E-state index in [0.717, 1.165) is 6.42 Å². The van der Waals surface area contributed by atoms with Crippen LogP contribution in [-0.2, 0) is 0 Å². The van der Waals surface area contributed by atoms with Gasteiger partial charge in [-0.25, -0.2) is 4.39 Å². The normalized spacial score (nSPS) is 11.6. The van der Waals surface area contributed by atoms with Gasteiger partial charge in [-0.2, -0.15) is 0 Å². The molecule has 1 rings (SSSR count). The lowest BCUT2D eigenvalue weighted by Gasteiger charge is -2.18. The lowest BCUT2D eigenvalue weighted by molar-refractivity contribution is 0.243. The first-order valence-corrected chi connectivity index (χ1v) is 5.96. The Kier molecular flexibility index (Phi) is 4.19. The van der Waals surface area contributed by atoms with Gasteiger partial charge < -0.3 is 10.5 Å². The highest BCUT2D eigenvalue weighted by atomic mass is 79.9. The summed E-state index contributed by atoms with van der Waals surface area (Å²) in [6.45, 7) is 6.99. The van der Waals surface area contributed by atoms with Gasteiger partial charge in [0.25, 0.3) is 0 Å². The molecule has 0 saturated carbocycles. The minimum atomic E-state index is -0.374. The first-order valence-electron chi connectivity index (χ1n) is 5.17. The fraction of sp³-hybridized carbons (Fsp3) is 0.500. The third-order valence-corrected chi connectivity index (χ3v) is 2.77. The van der Waals surface area contributed by atoms with Crippen LogP contribution in [0.1, 0.15) is 27.2 Å². The molecule has 0 bridgehead atoms. The van der Waals surface area contributed by atoms with Crippen molar-refractivity contribution in [2.75, 3.05) is 12.3 Å². The topological polar surface area (TPSA) is 35.2 Å². The smallest absolute Gasteiger partial charge is 0.143 e. The Bertz CT molecular complexity index is 374. The quantitative estimate of drug-likeness (QED) is 0.854. The van der Waals surface area contributed by atoms with E-state index in [1.54, 1.807) is 6.07 Å². The molecule has 0 amide bonds. The van der Waals surface area contributed by atoms with Crippen molar-refractivity contribution in [1.29, 1.82) is 0 Å². The first-order chi connectivity index (χ1) is 7.29. The van der Waals surface area contributed by atoms with Crippen LogP contribution in [0.2, 0.25) is 0 Å².